The number of piperidine rings is 1. The van der Waals surface area contributed by atoms with Crippen LogP contribution in [-0.2, 0) is 0 Å². The molecule has 0 bridgehead atoms. The number of nitrogen functional groups attached to an aromatic ring is 1. The molecule has 0 spiro atoms. The summed E-state index contributed by atoms with van der Waals surface area (Å²) in [6.45, 7) is 3.75. The SMILES string of the molecule is Cc1ccc(-c2ccc(C(N)C3CCN(c4ncnc(N)c4-c4ccc(F)cc4)CC3)cc2)cc1. The Balaban J connectivity index is 1.28. The van der Waals surface area contributed by atoms with E-state index in [1.54, 1.807) is 12.1 Å². The molecular weight excluding hydrogens is 437 g/mol. The number of hydrogen-bond donors (Lipinski definition) is 2. The van der Waals surface area contributed by atoms with Gasteiger partial charge in [0.25, 0.3) is 0 Å². The highest BCUT2D eigenvalue weighted by Gasteiger charge is 2.28. The Morgan fingerprint density at radius 3 is 2.03 bits per heavy atom. The first kappa shape index (κ1) is 23.0. The van der Waals surface area contributed by atoms with Crippen molar-refractivity contribution in [2.45, 2.75) is 25.8 Å². The van der Waals surface area contributed by atoms with Crippen molar-refractivity contribution in [2.75, 3.05) is 23.7 Å². The van der Waals surface area contributed by atoms with Crippen molar-refractivity contribution in [1.82, 2.24) is 9.97 Å². The van der Waals surface area contributed by atoms with Crippen LogP contribution in [0.4, 0.5) is 16.0 Å². The Morgan fingerprint density at radius 2 is 1.40 bits per heavy atom. The van der Waals surface area contributed by atoms with Gasteiger partial charge in [0.15, 0.2) is 0 Å². The summed E-state index contributed by atoms with van der Waals surface area (Å²) in [5.74, 6) is 1.28. The van der Waals surface area contributed by atoms with E-state index < -0.39 is 0 Å². The van der Waals surface area contributed by atoms with Crippen LogP contribution in [0, 0.1) is 18.7 Å². The van der Waals surface area contributed by atoms with Crippen molar-refractivity contribution in [3.05, 3.63) is 96.1 Å². The van der Waals surface area contributed by atoms with Gasteiger partial charge in [-0.15, -0.1) is 0 Å². The second-order valence-electron chi connectivity index (χ2n) is 9.30. The molecule has 1 unspecified atom stereocenters. The zero-order valence-corrected chi connectivity index (χ0v) is 19.9. The fraction of sp³-hybridized carbons (Fsp3) is 0.241. The third-order valence-corrected chi connectivity index (χ3v) is 7.02. The van der Waals surface area contributed by atoms with Crippen molar-refractivity contribution in [2.24, 2.45) is 11.7 Å². The van der Waals surface area contributed by atoms with E-state index in [4.69, 9.17) is 11.5 Å². The standard InChI is InChI=1S/C29H30FN5/c1-19-2-4-20(5-3-19)21-6-8-23(9-7-21)27(31)24-14-16-35(17-15-24)29-26(28(32)33-18-34-29)22-10-12-25(30)13-11-22/h2-13,18,24,27H,14-17,31H2,1H3,(H2,32,33,34). The zero-order chi connectivity index (χ0) is 24.4. The van der Waals surface area contributed by atoms with Gasteiger partial charge in [0.1, 0.15) is 23.8 Å². The average Bonchev–Trinajstić information content (AvgIpc) is 2.89. The lowest BCUT2D eigenvalue weighted by Gasteiger charge is -2.36. The Kier molecular flexibility index (Phi) is 6.47. The molecule has 5 nitrogen and oxygen atoms in total. The lowest BCUT2D eigenvalue weighted by atomic mass is 9.85. The summed E-state index contributed by atoms with van der Waals surface area (Å²) in [5, 5.41) is 0. The summed E-state index contributed by atoms with van der Waals surface area (Å²) >= 11 is 0. The number of aromatic nitrogens is 2. The van der Waals surface area contributed by atoms with E-state index in [0.717, 1.165) is 48.4 Å². The molecule has 0 radical (unpaired) electrons. The molecule has 1 aliphatic heterocycles. The number of hydrogen-bond acceptors (Lipinski definition) is 5. The maximum Gasteiger partial charge on any atom is 0.142 e. The topological polar surface area (TPSA) is 81.1 Å². The number of benzene rings is 3. The summed E-state index contributed by atoms with van der Waals surface area (Å²) in [6.07, 6.45) is 3.40. The van der Waals surface area contributed by atoms with E-state index >= 15 is 0 Å². The molecule has 5 rings (SSSR count). The minimum atomic E-state index is -0.285. The lowest BCUT2D eigenvalue weighted by Crippen LogP contribution is -2.38. The maximum absolute atomic E-state index is 13.5. The quantitative estimate of drug-likeness (QED) is 0.390. The predicted octanol–water partition coefficient (Wildman–Crippen LogP) is 5.76. The smallest absolute Gasteiger partial charge is 0.142 e. The van der Waals surface area contributed by atoms with Crippen molar-refractivity contribution >= 4 is 11.6 Å². The molecule has 35 heavy (non-hydrogen) atoms. The summed E-state index contributed by atoms with van der Waals surface area (Å²) in [6, 6.07) is 23.5. The van der Waals surface area contributed by atoms with Crippen LogP contribution in [0.1, 0.15) is 30.0 Å². The maximum atomic E-state index is 13.5. The molecule has 3 aromatic carbocycles. The largest absolute Gasteiger partial charge is 0.383 e. The van der Waals surface area contributed by atoms with Gasteiger partial charge in [-0.3, -0.25) is 0 Å². The normalized spacial score (nSPS) is 15.2. The van der Waals surface area contributed by atoms with Crippen LogP contribution < -0.4 is 16.4 Å². The fourth-order valence-corrected chi connectivity index (χ4v) is 4.91. The number of aryl methyl sites for hydroxylation is 1. The Bertz CT molecular complexity index is 1280. The van der Waals surface area contributed by atoms with Crippen LogP contribution in [0.5, 0.6) is 0 Å². The molecule has 1 atom stereocenters. The summed E-state index contributed by atoms with van der Waals surface area (Å²) < 4.78 is 13.5. The van der Waals surface area contributed by atoms with Crippen LogP contribution in [-0.4, -0.2) is 23.1 Å². The van der Waals surface area contributed by atoms with Gasteiger partial charge in [-0.25, -0.2) is 14.4 Å². The molecule has 1 fully saturated rings. The fourth-order valence-electron chi connectivity index (χ4n) is 4.91. The Morgan fingerprint density at radius 1 is 0.829 bits per heavy atom. The van der Waals surface area contributed by atoms with Gasteiger partial charge in [0.05, 0.1) is 5.56 Å². The molecule has 0 amide bonds. The third-order valence-electron chi connectivity index (χ3n) is 7.02. The second kappa shape index (κ2) is 9.84. The van der Waals surface area contributed by atoms with Gasteiger partial charge in [0.2, 0.25) is 0 Å². The summed E-state index contributed by atoms with van der Waals surface area (Å²) in [5.41, 5.74) is 19.3. The van der Waals surface area contributed by atoms with Crippen molar-refractivity contribution < 1.29 is 4.39 Å². The number of nitrogens with zero attached hydrogens (tertiary/aromatic N) is 3. The molecule has 1 saturated heterocycles. The van der Waals surface area contributed by atoms with E-state index in [1.165, 1.54) is 35.2 Å². The van der Waals surface area contributed by atoms with Crippen LogP contribution in [0.25, 0.3) is 22.3 Å². The molecule has 178 valence electrons. The van der Waals surface area contributed by atoms with Gasteiger partial charge < -0.3 is 16.4 Å². The number of nitrogens with two attached hydrogens (primary N) is 2. The molecule has 6 heteroatoms. The van der Waals surface area contributed by atoms with E-state index in [-0.39, 0.29) is 11.9 Å². The lowest BCUT2D eigenvalue weighted by molar-refractivity contribution is 0.344. The van der Waals surface area contributed by atoms with Gasteiger partial charge >= 0.3 is 0 Å². The predicted molar refractivity (Wildman–Crippen MR) is 140 cm³/mol. The summed E-state index contributed by atoms with van der Waals surface area (Å²) in [7, 11) is 0. The Labute approximate surface area is 205 Å². The highest BCUT2D eigenvalue weighted by Crippen LogP contribution is 2.37. The van der Waals surface area contributed by atoms with Crippen LogP contribution >= 0.6 is 0 Å². The number of anilines is 2. The van der Waals surface area contributed by atoms with Gasteiger partial charge in [-0.05, 0) is 60.1 Å². The van der Waals surface area contributed by atoms with Crippen LogP contribution in [0.15, 0.2) is 79.1 Å². The second-order valence-corrected chi connectivity index (χ2v) is 9.30. The Hall–Kier alpha value is -3.77. The highest BCUT2D eigenvalue weighted by atomic mass is 19.1. The van der Waals surface area contributed by atoms with Crippen molar-refractivity contribution in [3.63, 3.8) is 0 Å². The summed E-state index contributed by atoms with van der Waals surface area (Å²) in [4.78, 5) is 11.0. The van der Waals surface area contributed by atoms with Gasteiger partial charge in [-0.2, -0.15) is 0 Å². The minimum absolute atomic E-state index is 0.0174. The molecule has 0 aliphatic carbocycles. The number of rotatable bonds is 5. The molecule has 2 heterocycles. The molecule has 0 saturated carbocycles. The van der Waals surface area contributed by atoms with E-state index in [1.807, 2.05) is 0 Å². The van der Waals surface area contributed by atoms with Crippen LogP contribution in [0.2, 0.25) is 0 Å². The number of halogens is 1. The molecule has 4 aromatic rings. The van der Waals surface area contributed by atoms with E-state index in [2.05, 4.69) is 70.3 Å². The first-order valence-electron chi connectivity index (χ1n) is 12.0. The highest BCUT2D eigenvalue weighted by molar-refractivity contribution is 5.84. The minimum Gasteiger partial charge on any atom is -0.383 e. The van der Waals surface area contributed by atoms with Crippen molar-refractivity contribution in [1.29, 1.82) is 0 Å². The van der Waals surface area contributed by atoms with E-state index in [9.17, 15) is 4.39 Å². The molecule has 1 aliphatic rings. The zero-order valence-electron chi connectivity index (χ0n) is 19.9. The first-order valence-corrected chi connectivity index (χ1v) is 12.0. The molecule has 1 aromatic heterocycles. The van der Waals surface area contributed by atoms with Crippen LogP contribution in [0.3, 0.4) is 0 Å². The van der Waals surface area contributed by atoms with E-state index in [0.29, 0.717) is 11.7 Å². The average molecular weight is 468 g/mol. The molecular formula is C29H30FN5. The van der Waals surface area contributed by atoms with Crippen molar-refractivity contribution in [3.8, 4) is 22.3 Å². The van der Waals surface area contributed by atoms with Gasteiger partial charge in [0, 0.05) is 19.1 Å². The third kappa shape index (κ3) is 4.88. The first-order chi connectivity index (χ1) is 17.0. The van der Waals surface area contributed by atoms with Gasteiger partial charge in [-0.1, -0.05) is 66.2 Å². The molecule has 4 N–H and O–H groups in total. The monoisotopic (exact) mass is 467 g/mol.